The second-order valence-corrected chi connectivity index (χ2v) is 25.6. The first kappa shape index (κ1) is 80.6. The lowest BCUT2D eigenvalue weighted by Crippen LogP contribution is -2.30. The lowest BCUT2D eigenvalue weighted by molar-refractivity contribution is -0.167. The molecule has 83 heavy (non-hydrogen) atoms. The molecule has 488 valence electrons. The number of hydrogen-bond acceptors (Lipinski definition) is 6. The molecule has 0 radical (unpaired) electrons. The lowest BCUT2D eigenvalue weighted by Gasteiger charge is -2.18. The van der Waals surface area contributed by atoms with Gasteiger partial charge in [0, 0.05) is 19.3 Å². The maximum absolute atomic E-state index is 12.9. The van der Waals surface area contributed by atoms with Gasteiger partial charge in [-0.3, -0.25) is 14.4 Å². The van der Waals surface area contributed by atoms with Gasteiger partial charge in [-0.15, -0.1) is 0 Å². The molecule has 0 N–H and O–H groups in total. The molecule has 0 saturated carbocycles. The molecule has 0 rings (SSSR count). The monoisotopic (exact) mass is 1170 g/mol. The molecule has 6 nitrogen and oxygen atoms in total. The van der Waals surface area contributed by atoms with Gasteiger partial charge in [0.2, 0.25) is 0 Å². The second kappa shape index (κ2) is 72.1. The average Bonchev–Trinajstić information content (AvgIpc) is 3.48. The second-order valence-electron chi connectivity index (χ2n) is 25.6. The summed E-state index contributed by atoms with van der Waals surface area (Å²) in [5.41, 5.74) is 0. The summed E-state index contributed by atoms with van der Waals surface area (Å²) in [6.07, 6.45) is 90.6. The molecule has 0 aromatic heterocycles. The Balaban J connectivity index is 4.09. The Hall–Kier alpha value is -2.37. The number of esters is 3. The van der Waals surface area contributed by atoms with Gasteiger partial charge in [-0.1, -0.05) is 359 Å². The van der Waals surface area contributed by atoms with E-state index in [4.69, 9.17) is 14.2 Å². The van der Waals surface area contributed by atoms with E-state index < -0.39 is 6.10 Å². The summed E-state index contributed by atoms with van der Waals surface area (Å²) in [6, 6.07) is 0. The fourth-order valence-corrected chi connectivity index (χ4v) is 11.5. The number of carbonyl (C=O) groups is 3. The molecule has 0 aliphatic heterocycles. The Morgan fingerprint density at radius 2 is 0.434 bits per heavy atom. The van der Waals surface area contributed by atoms with Crippen LogP contribution in [0.25, 0.3) is 0 Å². The van der Waals surface area contributed by atoms with E-state index in [0.29, 0.717) is 19.3 Å². The number of carbonyl (C=O) groups excluding carboxylic acids is 3. The average molecular weight is 1170 g/mol. The van der Waals surface area contributed by atoms with Gasteiger partial charge < -0.3 is 14.2 Å². The zero-order chi connectivity index (χ0) is 59.9. The molecule has 6 heteroatoms. The Morgan fingerprint density at radius 3 is 0.675 bits per heavy atom. The van der Waals surface area contributed by atoms with E-state index in [2.05, 4.69) is 57.2 Å². The van der Waals surface area contributed by atoms with E-state index in [1.807, 2.05) is 0 Å². The van der Waals surface area contributed by atoms with Crippen LogP contribution >= 0.6 is 0 Å². The first-order chi connectivity index (χ1) is 41.0. The summed E-state index contributed by atoms with van der Waals surface area (Å²) in [6.45, 7) is 6.70. The first-order valence-corrected chi connectivity index (χ1v) is 37.5. The Kier molecular flexibility index (Phi) is 70.0. The van der Waals surface area contributed by atoms with Crippen LogP contribution in [0.1, 0.15) is 419 Å². The summed E-state index contributed by atoms with van der Waals surface area (Å²) in [4.78, 5) is 38.4. The molecule has 0 aliphatic rings. The zero-order valence-corrected chi connectivity index (χ0v) is 56.2. The van der Waals surface area contributed by atoms with E-state index in [1.54, 1.807) is 0 Å². The Labute approximate surface area is 518 Å². The van der Waals surface area contributed by atoms with Crippen molar-refractivity contribution in [2.45, 2.75) is 425 Å². The van der Waals surface area contributed by atoms with Crippen LogP contribution in [0.5, 0.6) is 0 Å². The molecular weight excluding hydrogens is 1020 g/mol. The molecule has 0 amide bonds. The predicted molar refractivity (Wildman–Crippen MR) is 362 cm³/mol. The highest BCUT2D eigenvalue weighted by molar-refractivity contribution is 5.71. The van der Waals surface area contributed by atoms with Crippen molar-refractivity contribution in [2.24, 2.45) is 0 Å². The smallest absolute Gasteiger partial charge is 0.306 e. The van der Waals surface area contributed by atoms with Crippen LogP contribution in [-0.2, 0) is 28.6 Å². The molecule has 0 heterocycles. The standard InChI is InChI=1S/C77H144O6/c1-4-7-10-13-16-19-22-24-26-28-30-32-33-34-35-36-37-38-39-40-41-42-43-45-46-48-50-52-55-58-61-64-67-70-76(79)82-73-74(72-81-75(78)69-66-63-60-57-54-21-18-15-12-9-6-3)83-77(80)71-68-65-62-59-56-53-51-49-47-44-31-29-27-25-23-20-17-14-11-8-5-2/h22,24,28-31,74H,4-21,23,25-27,32-73H2,1-3H3/b24-22-,30-28-,31-29-. The van der Waals surface area contributed by atoms with Crippen molar-refractivity contribution in [3.8, 4) is 0 Å². The highest BCUT2D eigenvalue weighted by atomic mass is 16.6. The quantitative estimate of drug-likeness (QED) is 0.0261. The van der Waals surface area contributed by atoms with Crippen LogP contribution in [0.4, 0.5) is 0 Å². The summed E-state index contributed by atoms with van der Waals surface area (Å²) < 4.78 is 17.0. The van der Waals surface area contributed by atoms with E-state index >= 15 is 0 Å². The molecule has 1 unspecified atom stereocenters. The van der Waals surface area contributed by atoms with Crippen LogP contribution in [-0.4, -0.2) is 37.2 Å². The highest BCUT2D eigenvalue weighted by Crippen LogP contribution is 2.19. The topological polar surface area (TPSA) is 78.9 Å². The molecular formula is C77H144O6. The SMILES string of the molecule is CCCCCCC/C=C\C/C=C\CCCCCCCCCCCCCCCCCCCCCCCC(=O)OCC(COC(=O)CCCCCCCCCCCCC)OC(=O)CCCCCCCCCCC/C=C\CCCCCCCCCC. The molecule has 0 aromatic rings. The number of hydrogen-bond donors (Lipinski definition) is 0. The largest absolute Gasteiger partial charge is 0.462 e. The minimum absolute atomic E-state index is 0.0663. The normalized spacial score (nSPS) is 12.2. The molecule has 0 bridgehead atoms. The number of ether oxygens (including phenoxy) is 3. The summed E-state index contributed by atoms with van der Waals surface area (Å²) in [5.74, 6) is -0.838. The predicted octanol–water partition coefficient (Wildman–Crippen LogP) is 25.9. The number of unbranched alkanes of at least 4 members (excludes halogenated alkanes) is 53. The van der Waals surface area contributed by atoms with Crippen LogP contribution in [0.2, 0.25) is 0 Å². The molecule has 1 atom stereocenters. The number of rotatable bonds is 70. The summed E-state index contributed by atoms with van der Waals surface area (Å²) in [7, 11) is 0. The van der Waals surface area contributed by atoms with E-state index in [9.17, 15) is 14.4 Å². The maximum Gasteiger partial charge on any atom is 0.306 e. The van der Waals surface area contributed by atoms with E-state index in [0.717, 1.165) is 64.2 Å². The zero-order valence-electron chi connectivity index (χ0n) is 56.2. The fourth-order valence-electron chi connectivity index (χ4n) is 11.5. The third-order valence-corrected chi connectivity index (χ3v) is 17.1. The van der Waals surface area contributed by atoms with Gasteiger partial charge in [-0.05, 0) is 77.0 Å². The fraction of sp³-hybridized carbons (Fsp3) is 0.883. The summed E-state index contributed by atoms with van der Waals surface area (Å²) >= 11 is 0. The van der Waals surface area contributed by atoms with Gasteiger partial charge in [0.15, 0.2) is 6.10 Å². The minimum Gasteiger partial charge on any atom is -0.462 e. The van der Waals surface area contributed by atoms with Gasteiger partial charge in [0.1, 0.15) is 13.2 Å². The molecule has 0 aliphatic carbocycles. The highest BCUT2D eigenvalue weighted by Gasteiger charge is 2.20. The van der Waals surface area contributed by atoms with Crippen molar-refractivity contribution in [1.82, 2.24) is 0 Å². The van der Waals surface area contributed by atoms with Gasteiger partial charge in [0.25, 0.3) is 0 Å². The van der Waals surface area contributed by atoms with Crippen LogP contribution in [0.3, 0.4) is 0 Å². The van der Waals surface area contributed by atoms with Gasteiger partial charge in [-0.25, -0.2) is 0 Å². The minimum atomic E-state index is -0.770. The third kappa shape index (κ3) is 70.3. The molecule has 0 fully saturated rings. The Bertz CT molecular complexity index is 1380. The molecule has 0 spiro atoms. The maximum atomic E-state index is 12.9. The third-order valence-electron chi connectivity index (χ3n) is 17.1. The van der Waals surface area contributed by atoms with E-state index in [1.165, 1.54) is 315 Å². The van der Waals surface area contributed by atoms with Crippen LogP contribution in [0.15, 0.2) is 36.5 Å². The van der Waals surface area contributed by atoms with Crippen LogP contribution < -0.4 is 0 Å². The van der Waals surface area contributed by atoms with E-state index in [-0.39, 0.29) is 31.1 Å². The molecule has 0 saturated heterocycles. The van der Waals surface area contributed by atoms with Crippen molar-refractivity contribution < 1.29 is 28.6 Å². The molecule has 0 aromatic carbocycles. The first-order valence-electron chi connectivity index (χ1n) is 37.5. The van der Waals surface area contributed by atoms with Crippen LogP contribution in [0, 0.1) is 0 Å². The van der Waals surface area contributed by atoms with Crippen molar-refractivity contribution in [2.75, 3.05) is 13.2 Å². The lowest BCUT2D eigenvalue weighted by atomic mass is 10.0. The van der Waals surface area contributed by atoms with Gasteiger partial charge in [0.05, 0.1) is 0 Å². The van der Waals surface area contributed by atoms with Crippen molar-refractivity contribution in [1.29, 1.82) is 0 Å². The van der Waals surface area contributed by atoms with Gasteiger partial charge in [-0.2, -0.15) is 0 Å². The van der Waals surface area contributed by atoms with Crippen molar-refractivity contribution >= 4 is 17.9 Å². The summed E-state index contributed by atoms with van der Waals surface area (Å²) in [5, 5.41) is 0. The number of allylic oxidation sites excluding steroid dienone is 6. The van der Waals surface area contributed by atoms with Crippen molar-refractivity contribution in [3.63, 3.8) is 0 Å². The van der Waals surface area contributed by atoms with Gasteiger partial charge >= 0.3 is 17.9 Å². The Morgan fingerprint density at radius 1 is 0.241 bits per heavy atom. The van der Waals surface area contributed by atoms with Crippen molar-refractivity contribution in [3.05, 3.63) is 36.5 Å².